The molecule has 1 N–H and O–H groups in total. The molecule has 2 heteroatoms. The molecule has 1 heterocycles. The topological polar surface area (TPSA) is 24.9 Å². The van der Waals surface area contributed by atoms with E-state index < -0.39 is 0 Å². The zero-order chi connectivity index (χ0) is 10.4. The normalized spacial score (nSPS) is 12.1. The minimum absolute atomic E-state index is 0.502. The maximum Gasteiger partial charge on any atom is 0.130 e. The van der Waals surface area contributed by atoms with Crippen LogP contribution in [-0.4, -0.2) is 4.98 Å². The van der Waals surface area contributed by atoms with Crippen LogP contribution < -0.4 is 5.32 Å². The molecule has 0 spiro atoms. The summed E-state index contributed by atoms with van der Waals surface area (Å²) in [7, 11) is 0. The van der Waals surface area contributed by atoms with Crippen LogP contribution in [0.25, 0.3) is 0 Å². The Morgan fingerprint density at radius 3 is 2.93 bits per heavy atom. The number of aromatic nitrogens is 1. The van der Waals surface area contributed by atoms with E-state index in [9.17, 15) is 0 Å². The average Bonchev–Trinajstić information content (AvgIpc) is 2.19. The van der Waals surface area contributed by atoms with E-state index in [0.717, 1.165) is 11.5 Å². The van der Waals surface area contributed by atoms with E-state index in [1.165, 1.54) is 12.8 Å². The minimum Gasteiger partial charge on any atom is -0.344 e. The first-order valence-corrected chi connectivity index (χ1v) is 5.11. The SMILES string of the molecule is C=C(Nc1ccccn1)C(C)CCC. The number of nitrogens with one attached hydrogen (secondary N) is 1. The van der Waals surface area contributed by atoms with Gasteiger partial charge in [0.1, 0.15) is 5.82 Å². The van der Waals surface area contributed by atoms with E-state index in [4.69, 9.17) is 0 Å². The van der Waals surface area contributed by atoms with Crippen LogP contribution >= 0.6 is 0 Å². The highest BCUT2D eigenvalue weighted by molar-refractivity contribution is 5.40. The molecule has 2 nitrogen and oxygen atoms in total. The molecule has 0 aliphatic heterocycles. The van der Waals surface area contributed by atoms with Crippen molar-refractivity contribution < 1.29 is 0 Å². The number of hydrogen-bond acceptors (Lipinski definition) is 2. The van der Waals surface area contributed by atoms with Crippen LogP contribution in [0.5, 0.6) is 0 Å². The van der Waals surface area contributed by atoms with Crippen LogP contribution in [0, 0.1) is 5.92 Å². The molecular formula is C12H18N2. The highest BCUT2D eigenvalue weighted by Crippen LogP contribution is 2.16. The van der Waals surface area contributed by atoms with Gasteiger partial charge in [-0.15, -0.1) is 0 Å². The van der Waals surface area contributed by atoms with Gasteiger partial charge in [0.25, 0.3) is 0 Å². The number of allylic oxidation sites excluding steroid dienone is 1. The molecule has 76 valence electrons. The van der Waals surface area contributed by atoms with Gasteiger partial charge in [0.2, 0.25) is 0 Å². The van der Waals surface area contributed by atoms with E-state index >= 15 is 0 Å². The zero-order valence-corrected chi connectivity index (χ0v) is 8.96. The Hall–Kier alpha value is -1.31. The zero-order valence-electron chi connectivity index (χ0n) is 8.96. The molecule has 1 aromatic heterocycles. The van der Waals surface area contributed by atoms with Crippen LogP contribution in [0.3, 0.4) is 0 Å². The minimum atomic E-state index is 0.502. The third-order valence-electron chi connectivity index (χ3n) is 2.27. The number of anilines is 1. The number of nitrogens with zero attached hydrogens (tertiary/aromatic N) is 1. The third kappa shape index (κ3) is 3.21. The molecular weight excluding hydrogens is 172 g/mol. The van der Waals surface area contributed by atoms with Crippen molar-refractivity contribution in [3.63, 3.8) is 0 Å². The number of hydrogen-bond donors (Lipinski definition) is 1. The van der Waals surface area contributed by atoms with Gasteiger partial charge in [-0.1, -0.05) is 32.9 Å². The first kappa shape index (κ1) is 10.8. The summed E-state index contributed by atoms with van der Waals surface area (Å²) < 4.78 is 0. The highest BCUT2D eigenvalue weighted by atomic mass is 15.0. The molecule has 1 atom stereocenters. The highest BCUT2D eigenvalue weighted by Gasteiger charge is 2.05. The first-order valence-electron chi connectivity index (χ1n) is 5.11. The van der Waals surface area contributed by atoms with E-state index in [0.29, 0.717) is 5.92 Å². The molecule has 0 fully saturated rings. The molecule has 0 aromatic carbocycles. The van der Waals surface area contributed by atoms with Crippen molar-refractivity contribution in [2.45, 2.75) is 26.7 Å². The molecule has 0 aliphatic rings. The van der Waals surface area contributed by atoms with Gasteiger partial charge in [-0.25, -0.2) is 4.98 Å². The Labute approximate surface area is 86.1 Å². The second kappa shape index (κ2) is 5.43. The summed E-state index contributed by atoms with van der Waals surface area (Å²) in [6.07, 6.45) is 4.13. The van der Waals surface area contributed by atoms with E-state index in [-0.39, 0.29) is 0 Å². The number of rotatable bonds is 5. The van der Waals surface area contributed by atoms with Gasteiger partial charge in [0.05, 0.1) is 0 Å². The molecule has 0 saturated heterocycles. The second-order valence-corrected chi connectivity index (χ2v) is 3.55. The molecule has 1 rings (SSSR count). The summed E-state index contributed by atoms with van der Waals surface area (Å²) in [6.45, 7) is 8.38. The van der Waals surface area contributed by atoms with Gasteiger partial charge in [0, 0.05) is 11.9 Å². The van der Waals surface area contributed by atoms with Gasteiger partial charge in [-0.05, 0) is 24.5 Å². The van der Waals surface area contributed by atoms with Gasteiger partial charge >= 0.3 is 0 Å². The van der Waals surface area contributed by atoms with Crippen molar-refractivity contribution >= 4 is 5.82 Å². The first-order chi connectivity index (χ1) is 6.74. The summed E-state index contributed by atoms with van der Waals surface area (Å²) in [5, 5.41) is 3.22. The van der Waals surface area contributed by atoms with E-state index in [2.05, 4.69) is 30.7 Å². The third-order valence-corrected chi connectivity index (χ3v) is 2.27. The summed E-state index contributed by atoms with van der Waals surface area (Å²) in [5.41, 5.74) is 1.05. The Morgan fingerprint density at radius 2 is 2.36 bits per heavy atom. The predicted molar refractivity (Wildman–Crippen MR) is 61.1 cm³/mol. The largest absolute Gasteiger partial charge is 0.344 e. The molecule has 1 unspecified atom stereocenters. The summed E-state index contributed by atoms with van der Waals surface area (Å²) in [5.74, 6) is 1.38. The maximum absolute atomic E-state index is 4.19. The van der Waals surface area contributed by atoms with Gasteiger partial charge in [-0.3, -0.25) is 0 Å². The number of pyridine rings is 1. The Balaban J connectivity index is 2.49. The summed E-state index contributed by atoms with van der Waals surface area (Å²) >= 11 is 0. The average molecular weight is 190 g/mol. The lowest BCUT2D eigenvalue weighted by molar-refractivity contribution is 0.606. The van der Waals surface area contributed by atoms with Crippen molar-refractivity contribution in [1.82, 2.24) is 4.98 Å². The quantitative estimate of drug-likeness (QED) is 0.769. The van der Waals surface area contributed by atoms with Gasteiger partial charge in [0.15, 0.2) is 0 Å². The van der Waals surface area contributed by atoms with Crippen LogP contribution in [0.2, 0.25) is 0 Å². The maximum atomic E-state index is 4.19. The monoisotopic (exact) mass is 190 g/mol. The molecule has 0 aliphatic carbocycles. The van der Waals surface area contributed by atoms with Crippen LogP contribution in [0.15, 0.2) is 36.7 Å². The van der Waals surface area contributed by atoms with E-state index in [1.54, 1.807) is 6.20 Å². The second-order valence-electron chi connectivity index (χ2n) is 3.55. The lowest BCUT2D eigenvalue weighted by atomic mass is 10.0. The Morgan fingerprint density at radius 1 is 1.57 bits per heavy atom. The molecule has 1 aromatic rings. The van der Waals surface area contributed by atoms with Crippen molar-refractivity contribution in [2.75, 3.05) is 5.32 Å². The smallest absolute Gasteiger partial charge is 0.130 e. The Bertz CT molecular complexity index is 280. The summed E-state index contributed by atoms with van der Waals surface area (Å²) in [6, 6.07) is 5.82. The lowest BCUT2D eigenvalue weighted by Gasteiger charge is -2.15. The van der Waals surface area contributed by atoms with Crippen LogP contribution in [0.1, 0.15) is 26.7 Å². The van der Waals surface area contributed by atoms with Crippen molar-refractivity contribution in [3.8, 4) is 0 Å². The molecule has 0 radical (unpaired) electrons. The molecule has 0 bridgehead atoms. The fourth-order valence-electron chi connectivity index (χ4n) is 1.33. The fraction of sp³-hybridized carbons (Fsp3) is 0.417. The molecule has 14 heavy (non-hydrogen) atoms. The lowest BCUT2D eigenvalue weighted by Crippen LogP contribution is -2.08. The van der Waals surface area contributed by atoms with Gasteiger partial charge in [-0.2, -0.15) is 0 Å². The van der Waals surface area contributed by atoms with Crippen molar-refractivity contribution in [1.29, 1.82) is 0 Å². The van der Waals surface area contributed by atoms with E-state index in [1.807, 2.05) is 18.2 Å². The van der Waals surface area contributed by atoms with Crippen LogP contribution in [0.4, 0.5) is 5.82 Å². The standard InChI is InChI=1S/C12H18N2/c1-4-7-10(2)11(3)14-12-8-5-6-9-13-12/h5-6,8-10H,3-4,7H2,1-2H3,(H,13,14). The molecule has 0 amide bonds. The predicted octanol–water partition coefficient (Wildman–Crippen LogP) is 3.44. The van der Waals surface area contributed by atoms with Gasteiger partial charge < -0.3 is 5.32 Å². The van der Waals surface area contributed by atoms with Crippen molar-refractivity contribution in [3.05, 3.63) is 36.7 Å². The van der Waals surface area contributed by atoms with Crippen molar-refractivity contribution in [2.24, 2.45) is 5.92 Å². The van der Waals surface area contributed by atoms with Crippen LogP contribution in [-0.2, 0) is 0 Å². The fourth-order valence-corrected chi connectivity index (χ4v) is 1.33. The summed E-state index contributed by atoms with van der Waals surface area (Å²) in [4.78, 5) is 4.19. The molecule has 0 saturated carbocycles. The Kier molecular flexibility index (Phi) is 4.17.